The zero-order chi connectivity index (χ0) is 34.9. The maximum Gasteiger partial charge on any atom is 0.326 e. The number of primary amides is 1. The van der Waals surface area contributed by atoms with Crippen molar-refractivity contribution >= 4 is 51.4 Å². The molecule has 5 aromatic rings. The number of aromatic amines is 2. The van der Waals surface area contributed by atoms with Gasteiger partial charge in [0.15, 0.2) is 0 Å². The number of amides is 4. The van der Waals surface area contributed by atoms with Crippen molar-refractivity contribution in [2.45, 2.75) is 56.3 Å². The van der Waals surface area contributed by atoms with E-state index in [0.717, 1.165) is 32.9 Å². The van der Waals surface area contributed by atoms with Crippen LogP contribution in [0.1, 0.15) is 29.5 Å². The fourth-order valence-electron chi connectivity index (χ4n) is 5.79. The molecule has 0 saturated carbocycles. The topological polar surface area (TPSA) is 225 Å². The zero-order valence-corrected chi connectivity index (χ0v) is 26.6. The summed E-state index contributed by atoms with van der Waals surface area (Å²) in [5.41, 5.74) is 15.6. The van der Waals surface area contributed by atoms with Gasteiger partial charge in [-0.25, -0.2) is 4.79 Å². The third-order valence-corrected chi connectivity index (χ3v) is 8.39. The quantitative estimate of drug-likeness (QED) is 0.0779. The van der Waals surface area contributed by atoms with Crippen LogP contribution in [0, 0.1) is 0 Å². The molecule has 0 fully saturated rings. The van der Waals surface area contributed by atoms with Crippen LogP contribution >= 0.6 is 0 Å². The molecule has 0 saturated heterocycles. The van der Waals surface area contributed by atoms with E-state index in [9.17, 15) is 29.1 Å². The monoisotopic (exact) mass is 665 g/mol. The normalized spacial score (nSPS) is 13.7. The number of rotatable bonds is 16. The largest absolute Gasteiger partial charge is 0.480 e. The van der Waals surface area contributed by atoms with Crippen molar-refractivity contribution in [3.63, 3.8) is 0 Å². The highest BCUT2D eigenvalue weighted by Crippen LogP contribution is 2.21. The zero-order valence-electron chi connectivity index (χ0n) is 26.6. The Morgan fingerprint density at radius 3 is 1.69 bits per heavy atom. The third-order valence-electron chi connectivity index (χ3n) is 8.39. The highest BCUT2D eigenvalue weighted by Gasteiger charge is 2.31. The van der Waals surface area contributed by atoms with E-state index in [-0.39, 0.29) is 32.1 Å². The van der Waals surface area contributed by atoms with Crippen LogP contribution in [0.5, 0.6) is 0 Å². The molecule has 13 nitrogen and oxygen atoms in total. The van der Waals surface area contributed by atoms with Gasteiger partial charge in [0.25, 0.3) is 0 Å². The fraction of sp³-hybridized carbons (Fsp3) is 0.250. The van der Waals surface area contributed by atoms with Crippen LogP contribution in [-0.2, 0) is 43.2 Å². The minimum absolute atomic E-state index is 0.00414. The SMILES string of the molecule is NC(=O)CCC(NC(=O)C(Cc1c[nH]c2ccccc12)NC(=O)C(Cc1ccccc1)NC(=O)C(N)Cc1c[nH]c2ccccc12)C(=O)O. The fourth-order valence-corrected chi connectivity index (χ4v) is 5.79. The number of hydrogen-bond donors (Lipinski definition) is 8. The summed E-state index contributed by atoms with van der Waals surface area (Å²) in [6, 6.07) is 19.3. The van der Waals surface area contributed by atoms with Crippen molar-refractivity contribution < 1.29 is 29.1 Å². The Balaban J connectivity index is 1.38. The molecule has 10 N–H and O–H groups in total. The van der Waals surface area contributed by atoms with Crippen LogP contribution in [0.4, 0.5) is 0 Å². The Hall–Kier alpha value is -5.95. The first-order valence-electron chi connectivity index (χ1n) is 15.9. The van der Waals surface area contributed by atoms with E-state index < -0.39 is 53.8 Å². The molecule has 4 amide bonds. The molecule has 2 heterocycles. The summed E-state index contributed by atoms with van der Waals surface area (Å²) in [7, 11) is 0. The van der Waals surface area contributed by atoms with Crippen molar-refractivity contribution in [3.8, 4) is 0 Å². The van der Waals surface area contributed by atoms with Crippen LogP contribution in [0.25, 0.3) is 21.8 Å². The molecular weight excluding hydrogens is 626 g/mol. The van der Waals surface area contributed by atoms with Crippen molar-refractivity contribution in [1.29, 1.82) is 0 Å². The Morgan fingerprint density at radius 2 is 1.12 bits per heavy atom. The van der Waals surface area contributed by atoms with Gasteiger partial charge in [0.2, 0.25) is 23.6 Å². The summed E-state index contributed by atoms with van der Waals surface area (Å²) in [5, 5.41) is 19.5. The number of aromatic nitrogens is 2. The molecular formula is C36H39N7O6. The van der Waals surface area contributed by atoms with Gasteiger partial charge in [0.05, 0.1) is 6.04 Å². The second kappa shape index (κ2) is 15.8. The summed E-state index contributed by atoms with van der Waals surface area (Å²) in [4.78, 5) is 70.7. The van der Waals surface area contributed by atoms with Crippen molar-refractivity contribution in [2.75, 3.05) is 0 Å². The summed E-state index contributed by atoms with van der Waals surface area (Å²) in [6.07, 6.45) is 3.32. The van der Waals surface area contributed by atoms with E-state index in [2.05, 4.69) is 25.9 Å². The molecule has 0 aliphatic carbocycles. The van der Waals surface area contributed by atoms with Gasteiger partial charge in [0, 0.05) is 53.5 Å². The number of carbonyl (C=O) groups is 5. The Kier molecular flexibility index (Phi) is 11.1. The lowest BCUT2D eigenvalue weighted by Crippen LogP contribution is -2.58. The molecule has 4 atom stereocenters. The van der Waals surface area contributed by atoms with E-state index in [1.807, 2.05) is 66.7 Å². The molecule has 3 aromatic carbocycles. The summed E-state index contributed by atoms with van der Waals surface area (Å²) >= 11 is 0. The molecule has 0 radical (unpaired) electrons. The summed E-state index contributed by atoms with van der Waals surface area (Å²) in [5.74, 6) is -4.08. The maximum absolute atomic E-state index is 14.0. The average molecular weight is 666 g/mol. The number of carbonyl (C=O) groups excluding carboxylic acids is 4. The number of nitrogens with one attached hydrogen (secondary N) is 5. The van der Waals surface area contributed by atoms with Gasteiger partial charge < -0.3 is 42.5 Å². The number of carboxylic acid groups (broad SMARTS) is 1. The first-order valence-corrected chi connectivity index (χ1v) is 15.9. The molecule has 4 unspecified atom stereocenters. The van der Waals surface area contributed by atoms with E-state index in [1.54, 1.807) is 24.5 Å². The Bertz CT molecular complexity index is 1950. The minimum Gasteiger partial charge on any atom is -0.480 e. The molecule has 0 aliphatic heterocycles. The predicted molar refractivity (Wildman–Crippen MR) is 184 cm³/mol. The van der Waals surface area contributed by atoms with Gasteiger partial charge >= 0.3 is 5.97 Å². The molecule has 0 bridgehead atoms. The lowest BCUT2D eigenvalue weighted by molar-refractivity contribution is -0.142. The highest BCUT2D eigenvalue weighted by molar-refractivity contribution is 5.95. The standard InChI is InChI=1S/C36H39N7O6/c37-26(17-22-19-39-27-12-6-4-10-24(22)27)33(45)42-30(16-21-8-2-1-3-9-21)34(46)43-31(18-23-20-40-28-13-7-5-11-25(23)28)35(47)41-29(36(48)49)14-15-32(38)44/h1-13,19-20,26,29-31,39-40H,14-18,37H2,(H2,38,44)(H,41,47)(H,42,45)(H,43,46)(H,48,49). The van der Waals surface area contributed by atoms with Crippen LogP contribution < -0.4 is 27.4 Å². The molecule has 0 spiro atoms. The van der Waals surface area contributed by atoms with E-state index >= 15 is 0 Å². The van der Waals surface area contributed by atoms with E-state index in [4.69, 9.17) is 11.5 Å². The van der Waals surface area contributed by atoms with Gasteiger partial charge in [-0.1, -0.05) is 66.7 Å². The number of aliphatic carboxylic acids is 1. The van der Waals surface area contributed by atoms with Gasteiger partial charge in [-0.05, 0) is 41.7 Å². The number of para-hydroxylation sites is 2. The highest BCUT2D eigenvalue weighted by atomic mass is 16.4. The lowest BCUT2D eigenvalue weighted by atomic mass is 10.0. The lowest BCUT2D eigenvalue weighted by Gasteiger charge is -2.25. The summed E-state index contributed by atoms with van der Waals surface area (Å²) < 4.78 is 0. The van der Waals surface area contributed by atoms with Gasteiger partial charge in [-0.3, -0.25) is 19.2 Å². The first kappa shape index (κ1) is 34.4. The van der Waals surface area contributed by atoms with Crippen LogP contribution in [0.2, 0.25) is 0 Å². The predicted octanol–water partition coefficient (Wildman–Crippen LogP) is 1.81. The van der Waals surface area contributed by atoms with Gasteiger partial charge in [-0.2, -0.15) is 0 Å². The number of nitrogens with two attached hydrogens (primary N) is 2. The van der Waals surface area contributed by atoms with Gasteiger partial charge in [-0.15, -0.1) is 0 Å². The van der Waals surface area contributed by atoms with Crippen molar-refractivity contribution in [1.82, 2.24) is 25.9 Å². The molecule has 0 aliphatic rings. The van der Waals surface area contributed by atoms with Crippen molar-refractivity contribution in [2.24, 2.45) is 11.5 Å². The number of benzene rings is 3. The second-order valence-electron chi connectivity index (χ2n) is 12.0. The first-order chi connectivity index (χ1) is 23.6. The Labute approximate surface area is 281 Å². The summed E-state index contributed by atoms with van der Waals surface area (Å²) in [6.45, 7) is 0. The van der Waals surface area contributed by atoms with E-state index in [0.29, 0.717) is 5.56 Å². The molecule has 254 valence electrons. The number of fused-ring (bicyclic) bond motifs is 2. The maximum atomic E-state index is 14.0. The number of carboxylic acids is 1. The number of hydrogen-bond acceptors (Lipinski definition) is 6. The third kappa shape index (κ3) is 8.90. The molecule has 49 heavy (non-hydrogen) atoms. The van der Waals surface area contributed by atoms with Crippen LogP contribution in [0.15, 0.2) is 91.3 Å². The number of H-pyrrole nitrogens is 2. The molecule has 13 heteroatoms. The molecule has 5 rings (SSSR count). The average Bonchev–Trinajstić information content (AvgIpc) is 3.70. The second-order valence-corrected chi connectivity index (χ2v) is 12.0. The molecule has 2 aromatic heterocycles. The smallest absolute Gasteiger partial charge is 0.326 e. The minimum atomic E-state index is -1.43. The van der Waals surface area contributed by atoms with Crippen LogP contribution in [-0.4, -0.2) is 68.8 Å². The van der Waals surface area contributed by atoms with Gasteiger partial charge in [0.1, 0.15) is 18.1 Å². The van der Waals surface area contributed by atoms with Crippen molar-refractivity contribution in [3.05, 3.63) is 108 Å². The Morgan fingerprint density at radius 1 is 0.633 bits per heavy atom. The van der Waals surface area contributed by atoms with Crippen LogP contribution in [0.3, 0.4) is 0 Å². The van der Waals surface area contributed by atoms with E-state index in [1.165, 1.54) is 0 Å².